The highest BCUT2D eigenvalue weighted by Gasteiger charge is 2.17. The third-order valence-electron chi connectivity index (χ3n) is 5.30. The molecule has 2 amide bonds. The van der Waals surface area contributed by atoms with Gasteiger partial charge >= 0.3 is 0 Å². The molecule has 2 aromatic carbocycles. The minimum atomic E-state index is -0.398. The number of ether oxygens (including phenoxy) is 2. The lowest BCUT2D eigenvalue weighted by molar-refractivity contribution is 0.0926. The van der Waals surface area contributed by atoms with Gasteiger partial charge in [0.15, 0.2) is 5.11 Å². The van der Waals surface area contributed by atoms with Crippen LogP contribution in [0.5, 0.6) is 5.75 Å². The summed E-state index contributed by atoms with van der Waals surface area (Å²) in [6, 6.07) is 12.4. The number of methoxy groups -OCH3 is 1. The molecule has 3 rings (SSSR count). The van der Waals surface area contributed by atoms with Crippen molar-refractivity contribution in [3.63, 3.8) is 0 Å². The highest BCUT2D eigenvalue weighted by Crippen LogP contribution is 2.23. The normalized spacial score (nSPS) is 13.8. The summed E-state index contributed by atoms with van der Waals surface area (Å²) in [6.07, 6.45) is 5.65. The Morgan fingerprint density at radius 1 is 1.03 bits per heavy atom. The van der Waals surface area contributed by atoms with Gasteiger partial charge in [0.2, 0.25) is 0 Å². The molecule has 0 aromatic heterocycles. The van der Waals surface area contributed by atoms with Crippen LogP contribution >= 0.6 is 28.1 Å². The van der Waals surface area contributed by atoms with Crippen molar-refractivity contribution >= 4 is 50.8 Å². The number of nitrogens with one attached hydrogen (secondary N) is 3. The summed E-state index contributed by atoms with van der Waals surface area (Å²) < 4.78 is 11.4. The van der Waals surface area contributed by atoms with E-state index in [0.717, 1.165) is 30.2 Å². The number of benzene rings is 2. The molecule has 176 valence electrons. The van der Waals surface area contributed by atoms with E-state index in [9.17, 15) is 9.59 Å². The van der Waals surface area contributed by atoms with Crippen LogP contribution in [0.1, 0.15) is 52.8 Å². The van der Waals surface area contributed by atoms with Gasteiger partial charge in [-0.25, -0.2) is 0 Å². The van der Waals surface area contributed by atoms with E-state index in [2.05, 4.69) is 31.9 Å². The van der Waals surface area contributed by atoms with Gasteiger partial charge in [0.25, 0.3) is 11.8 Å². The largest absolute Gasteiger partial charge is 0.490 e. The third-order valence-corrected chi connectivity index (χ3v) is 6.00. The summed E-state index contributed by atoms with van der Waals surface area (Å²) in [4.78, 5) is 25.2. The molecule has 0 spiro atoms. The summed E-state index contributed by atoms with van der Waals surface area (Å²) in [7, 11) is 1.58. The predicted octanol–water partition coefficient (Wildman–Crippen LogP) is 4.66. The first-order valence-corrected chi connectivity index (χ1v) is 12.1. The second kappa shape index (κ2) is 12.7. The Labute approximate surface area is 207 Å². The summed E-state index contributed by atoms with van der Waals surface area (Å²) in [5.74, 6) is -0.0337. The van der Waals surface area contributed by atoms with Crippen molar-refractivity contribution in [2.75, 3.05) is 25.6 Å². The average molecular weight is 534 g/mol. The van der Waals surface area contributed by atoms with Crippen LogP contribution in [0.4, 0.5) is 5.69 Å². The van der Waals surface area contributed by atoms with Crippen molar-refractivity contribution in [3.05, 3.63) is 58.1 Å². The van der Waals surface area contributed by atoms with E-state index in [0.29, 0.717) is 35.8 Å². The number of amides is 2. The number of hydrogen-bond acceptors (Lipinski definition) is 5. The van der Waals surface area contributed by atoms with E-state index in [4.69, 9.17) is 21.7 Å². The van der Waals surface area contributed by atoms with E-state index in [-0.39, 0.29) is 17.1 Å². The van der Waals surface area contributed by atoms with Crippen LogP contribution in [-0.4, -0.2) is 43.3 Å². The first kappa shape index (κ1) is 25.1. The highest BCUT2D eigenvalue weighted by molar-refractivity contribution is 9.10. The van der Waals surface area contributed by atoms with Gasteiger partial charge in [0, 0.05) is 28.9 Å². The number of rotatable bonds is 8. The molecule has 7 nitrogen and oxygen atoms in total. The average Bonchev–Trinajstić information content (AvgIpc) is 2.81. The molecule has 1 aliphatic rings. The zero-order valence-corrected chi connectivity index (χ0v) is 20.9. The van der Waals surface area contributed by atoms with E-state index in [1.54, 1.807) is 49.6 Å². The zero-order valence-electron chi connectivity index (χ0n) is 18.5. The molecule has 0 heterocycles. The second-order valence-electron chi connectivity index (χ2n) is 7.78. The van der Waals surface area contributed by atoms with Gasteiger partial charge < -0.3 is 20.1 Å². The summed E-state index contributed by atoms with van der Waals surface area (Å²) in [5, 5.41) is 8.88. The monoisotopic (exact) mass is 533 g/mol. The zero-order chi connectivity index (χ0) is 23.6. The van der Waals surface area contributed by atoms with Gasteiger partial charge in [-0.15, -0.1) is 0 Å². The standard InChI is InChI=1S/C24H28BrN3O4S/c1-31-13-14-32-21-12-9-17(25)15-20(21)23(30)28-24(33)27-19-10-7-16(8-11-19)22(29)26-18-5-3-2-4-6-18/h7-12,15,18H,2-6,13-14H2,1H3,(H,26,29)(H2,27,28,30,33). The molecule has 0 aliphatic heterocycles. The summed E-state index contributed by atoms with van der Waals surface area (Å²) >= 11 is 8.67. The lowest BCUT2D eigenvalue weighted by atomic mass is 9.95. The minimum absolute atomic E-state index is 0.0695. The summed E-state index contributed by atoms with van der Waals surface area (Å²) in [5.41, 5.74) is 1.60. The van der Waals surface area contributed by atoms with Crippen LogP contribution in [-0.2, 0) is 4.74 Å². The molecule has 1 saturated carbocycles. The van der Waals surface area contributed by atoms with Gasteiger partial charge in [-0.1, -0.05) is 35.2 Å². The smallest absolute Gasteiger partial charge is 0.261 e. The Hall–Kier alpha value is -2.49. The van der Waals surface area contributed by atoms with Gasteiger partial charge in [-0.05, 0) is 67.5 Å². The van der Waals surface area contributed by atoms with E-state index in [1.807, 2.05) is 0 Å². The Morgan fingerprint density at radius 3 is 2.45 bits per heavy atom. The Bertz CT molecular complexity index is 978. The van der Waals surface area contributed by atoms with Crippen molar-refractivity contribution in [2.45, 2.75) is 38.1 Å². The van der Waals surface area contributed by atoms with Crippen LogP contribution in [0, 0.1) is 0 Å². The number of carbonyl (C=O) groups is 2. The Kier molecular flexibility index (Phi) is 9.65. The van der Waals surface area contributed by atoms with Crippen molar-refractivity contribution < 1.29 is 19.1 Å². The van der Waals surface area contributed by atoms with E-state index in [1.165, 1.54) is 6.42 Å². The fraction of sp³-hybridized carbons (Fsp3) is 0.375. The maximum atomic E-state index is 12.8. The fourth-order valence-corrected chi connectivity index (χ4v) is 4.17. The van der Waals surface area contributed by atoms with Crippen LogP contribution in [0.3, 0.4) is 0 Å². The molecule has 2 aromatic rings. The van der Waals surface area contributed by atoms with Gasteiger partial charge in [-0.3, -0.25) is 14.9 Å². The van der Waals surface area contributed by atoms with Crippen molar-refractivity contribution in [1.29, 1.82) is 0 Å². The molecular weight excluding hydrogens is 506 g/mol. The Morgan fingerprint density at radius 2 is 1.76 bits per heavy atom. The molecule has 33 heavy (non-hydrogen) atoms. The van der Waals surface area contributed by atoms with Crippen LogP contribution in [0.2, 0.25) is 0 Å². The molecule has 0 radical (unpaired) electrons. The van der Waals surface area contributed by atoms with Gasteiger partial charge in [0.05, 0.1) is 12.2 Å². The number of carbonyl (C=O) groups excluding carboxylic acids is 2. The van der Waals surface area contributed by atoms with Gasteiger partial charge in [-0.2, -0.15) is 0 Å². The number of anilines is 1. The molecular formula is C24H28BrN3O4S. The molecule has 0 unspecified atom stereocenters. The molecule has 0 saturated heterocycles. The number of halogens is 1. The fourth-order valence-electron chi connectivity index (χ4n) is 3.59. The lowest BCUT2D eigenvalue weighted by Crippen LogP contribution is -2.36. The molecule has 9 heteroatoms. The minimum Gasteiger partial charge on any atom is -0.490 e. The van der Waals surface area contributed by atoms with Crippen LogP contribution in [0.25, 0.3) is 0 Å². The molecule has 3 N–H and O–H groups in total. The van der Waals surface area contributed by atoms with Crippen molar-refractivity contribution in [2.24, 2.45) is 0 Å². The number of thiocarbonyl (C=S) groups is 1. The highest BCUT2D eigenvalue weighted by atomic mass is 79.9. The first-order valence-electron chi connectivity index (χ1n) is 10.9. The van der Waals surface area contributed by atoms with Crippen LogP contribution in [0.15, 0.2) is 46.9 Å². The maximum absolute atomic E-state index is 12.8. The second-order valence-corrected chi connectivity index (χ2v) is 9.10. The Balaban J connectivity index is 1.55. The first-order chi connectivity index (χ1) is 16.0. The van der Waals surface area contributed by atoms with E-state index >= 15 is 0 Å². The summed E-state index contributed by atoms with van der Waals surface area (Å²) in [6.45, 7) is 0.730. The lowest BCUT2D eigenvalue weighted by Gasteiger charge is -2.22. The maximum Gasteiger partial charge on any atom is 0.261 e. The quantitative estimate of drug-likeness (QED) is 0.337. The molecule has 0 atom stereocenters. The van der Waals surface area contributed by atoms with E-state index < -0.39 is 5.91 Å². The molecule has 0 bridgehead atoms. The van der Waals surface area contributed by atoms with Crippen molar-refractivity contribution in [1.82, 2.24) is 10.6 Å². The topological polar surface area (TPSA) is 88.7 Å². The van der Waals surface area contributed by atoms with Gasteiger partial charge in [0.1, 0.15) is 12.4 Å². The third kappa shape index (κ3) is 7.80. The molecule has 1 aliphatic carbocycles. The SMILES string of the molecule is COCCOc1ccc(Br)cc1C(=O)NC(=S)Nc1ccc(C(=O)NC2CCCCC2)cc1. The van der Waals surface area contributed by atoms with Crippen LogP contribution < -0.4 is 20.7 Å². The number of hydrogen-bond donors (Lipinski definition) is 3. The predicted molar refractivity (Wildman–Crippen MR) is 136 cm³/mol. The van der Waals surface area contributed by atoms with Crippen molar-refractivity contribution in [3.8, 4) is 5.75 Å². The molecule has 1 fully saturated rings.